The largest absolute Gasteiger partial charge is 0.428 e. The summed E-state index contributed by atoms with van der Waals surface area (Å²) in [5.41, 5.74) is 4.97. The molecular formula is C23H31ClFNO9S. The van der Waals surface area contributed by atoms with E-state index in [2.05, 4.69) is 15.2 Å². The molecule has 1 aromatic rings. The Bertz CT molecular complexity index is 950. The van der Waals surface area contributed by atoms with Crippen molar-refractivity contribution in [2.45, 2.75) is 31.8 Å². The summed E-state index contributed by atoms with van der Waals surface area (Å²) in [4.78, 5) is 47.8. The van der Waals surface area contributed by atoms with E-state index < -0.39 is 73.2 Å². The van der Waals surface area contributed by atoms with Gasteiger partial charge >= 0.3 is 23.9 Å². The average molecular weight is 552 g/mol. The van der Waals surface area contributed by atoms with Crippen molar-refractivity contribution in [3.63, 3.8) is 0 Å². The monoisotopic (exact) mass is 551 g/mol. The molecule has 0 aliphatic heterocycles. The minimum atomic E-state index is -0.985. The van der Waals surface area contributed by atoms with Gasteiger partial charge in [-0.3, -0.25) is 19.2 Å². The van der Waals surface area contributed by atoms with Gasteiger partial charge in [-0.1, -0.05) is 0 Å². The Morgan fingerprint density at radius 3 is 1.97 bits per heavy atom. The summed E-state index contributed by atoms with van der Waals surface area (Å²) in [6, 6.07) is 4.63. The summed E-state index contributed by atoms with van der Waals surface area (Å²) >= 11 is 1.35. The number of thioether (sulfide) groups is 1. The van der Waals surface area contributed by atoms with Crippen LogP contribution in [-0.4, -0.2) is 61.5 Å². The number of esters is 4. The van der Waals surface area contributed by atoms with E-state index in [0.717, 1.165) is 4.90 Å². The van der Waals surface area contributed by atoms with Crippen molar-refractivity contribution in [2.24, 2.45) is 35.3 Å². The zero-order chi connectivity index (χ0) is 26.3. The maximum atomic E-state index is 13.5. The molecule has 202 valence electrons. The summed E-state index contributed by atoms with van der Waals surface area (Å²) < 4.78 is 32.8. The van der Waals surface area contributed by atoms with Crippen LogP contribution < -0.4 is 5.73 Å². The number of ether oxygens (including phenoxy) is 4. The fourth-order valence-electron chi connectivity index (χ4n) is 4.33. The molecule has 6 atom stereocenters. The fourth-order valence-corrected chi connectivity index (χ4v) is 5.54. The van der Waals surface area contributed by atoms with E-state index in [1.807, 2.05) is 0 Å². The van der Waals surface area contributed by atoms with Crippen molar-refractivity contribution in [1.29, 1.82) is 0 Å². The zero-order valence-corrected chi connectivity index (χ0v) is 21.9. The number of fused-ring (bicyclic) bond motifs is 1. The summed E-state index contributed by atoms with van der Waals surface area (Å²) in [6.45, 7) is 2.86. The highest BCUT2D eigenvalue weighted by atomic mass is 35.5. The highest BCUT2D eigenvalue weighted by Crippen LogP contribution is 2.64. The van der Waals surface area contributed by atoms with Crippen LogP contribution in [0.5, 0.6) is 0 Å². The van der Waals surface area contributed by atoms with Crippen LogP contribution in [0.25, 0.3) is 0 Å². The molecule has 13 heteroatoms. The molecule has 0 heterocycles. The molecule has 2 fully saturated rings. The Morgan fingerprint density at radius 2 is 1.47 bits per heavy atom. The first-order valence-corrected chi connectivity index (χ1v) is 11.8. The highest BCUT2D eigenvalue weighted by molar-refractivity contribution is 7.99. The topological polar surface area (TPSA) is 151 Å². The molecule has 0 amide bonds. The molecule has 0 bridgehead atoms. The third kappa shape index (κ3) is 7.79. The lowest BCUT2D eigenvalue weighted by atomic mass is 9.88. The third-order valence-electron chi connectivity index (χ3n) is 5.88. The van der Waals surface area contributed by atoms with Crippen LogP contribution in [0.2, 0.25) is 0 Å². The van der Waals surface area contributed by atoms with Crippen LogP contribution in [0.1, 0.15) is 19.4 Å². The molecule has 0 radical (unpaired) electrons. The molecule has 36 heavy (non-hydrogen) atoms. The van der Waals surface area contributed by atoms with Crippen LogP contribution >= 0.6 is 24.2 Å². The molecule has 0 unspecified atom stereocenters. The average Bonchev–Trinajstić information content (AvgIpc) is 3.47. The lowest BCUT2D eigenvalue weighted by Crippen LogP contribution is -2.36. The van der Waals surface area contributed by atoms with Crippen molar-refractivity contribution >= 4 is 48.0 Å². The molecule has 0 saturated heterocycles. The zero-order valence-electron chi connectivity index (χ0n) is 20.3. The Morgan fingerprint density at radius 1 is 0.944 bits per heavy atom. The normalized spacial score (nSPS) is 25.2. The van der Waals surface area contributed by atoms with Crippen molar-refractivity contribution in [3.05, 3.63) is 29.6 Å². The number of hydrogen-bond donors (Lipinski definition) is 2. The molecule has 0 aromatic heterocycles. The Labute approximate surface area is 218 Å². The van der Waals surface area contributed by atoms with Gasteiger partial charge in [0.05, 0.1) is 17.9 Å². The van der Waals surface area contributed by atoms with Gasteiger partial charge in [-0.15, -0.1) is 24.2 Å². The van der Waals surface area contributed by atoms with Gasteiger partial charge in [-0.05, 0) is 43.7 Å². The number of rotatable bonds is 9. The van der Waals surface area contributed by atoms with Crippen molar-refractivity contribution < 1.29 is 47.6 Å². The van der Waals surface area contributed by atoms with E-state index in [4.69, 9.17) is 9.47 Å². The van der Waals surface area contributed by atoms with E-state index >= 15 is 0 Å². The van der Waals surface area contributed by atoms with Gasteiger partial charge in [0.2, 0.25) is 13.6 Å². The van der Waals surface area contributed by atoms with Crippen molar-refractivity contribution in [3.8, 4) is 0 Å². The SMILES string of the molecule is CC(=O)OCOC(=O)[C@@H]1[C@H](CSc2ccc(F)c(C)c2)[C@@H](O)[C@H]2[C@H](C(=O)OCOC(C)=O)[C@@H]12.CN.Cl. The number of halogens is 2. The third-order valence-corrected chi connectivity index (χ3v) is 7.02. The lowest BCUT2D eigenvalue weighted by molar-refractivity contribution is -0.171. The summed E-state index contributed by atoms with van der Waals surface area (Å²) in [7, 11) is 1.50. The Hall–Kier alpha value is -2.41. The van der Waals surface area contributed by atoms with Crippen LogP contribution in [-0.2, 0) is 38.1 Å². The number of carbonyl (C=O) groups excluding carboxylic acids is 4. The molecule has 2 aliphatic carbocycles. The molecule has 0 spiro atoms. The predicted octanol–water partition coefficient (Wildman–Crippen LogP) is 1.82. The number of aliphatic hydroxyl groups is 1. The standard InChI is InChI=1S/C22H25FO9S.CH5N.ClH/c1-10-6-13(4-5-15(10)23)33-7-14-16(21(27)31-8-29-11(2)24)17-18(20(14)26)19(17)22(28)32-9-30-12(3)25;1-2;/h4-6,14,16-20,26H,7-9H2,1-3H3;2H2,1H3;1H/t14-,16+,17-,18+,19+,20+;;/m0../s1. The molecule has 1 aromatic carbocycles. The predicted molar refractivity (Wildman–Crippen MR) is 128 cm³/mol. The minimum Gasteiger partial charge on any atom is -0.428 e. The van der Waals surface area contributed by atoms with Gasteiger partial charge in [0, 0.05) is 36.3 Å². The first-order chi connectivity index (χ1) is 16.6. The lowest BCUT2D eigenvalue weighted by Gasteiger charge is -2.25. The van der Waals surface area contributed by atoms with Gasteiger partial charge in [0.25, 0.3) is 0 Å². The Kier molecular flexibility index (Phi) is 12.6. The van der Waals surface area contributed by atoms with Crippen molar-refractivity contribution in [2.75, 3.05) is 26.4 Å². The molecule has 2 aliphatic rings. The van der Waals surface area contributed by atoms with Crippen molar-refractivity contribution in [1.82, 2.24) is 0 Å². The molecule has 10 nitrogen and oxygen atoms in total. The molecule has 3 N–H and O–H groups in total. The quantitative estimate of drug-likeness (QED) is 0.262. The van der Waals surface area contributed by atoms with E-state index in [9.17, 15) is 28.7 Å². The van der Waals surface area contributed by atoms with Crippen LogP contribution in [0.4, 0.5) is 4.39 Å². The fraction of sp³-hybridized carbons (Fsp3) is 0.565. The van der Waals surface area contributed by atoms with Gasteiger partial charge in [0.15, 0.2) is 0 Å². The number of carbonyl (C=O) groups is 4. The smallest absolute Gasteiger partial charge is 0.312 e. The first-order valence-electron chi connectivity index (χ1n) is 10.9. The molecular weight excluding hydrogens is 521 g/mol. The first kappa shape index (κ1) is 31.6. The van der Waals surface area contributed by atoms with Crippen LogP contribution in [0.3, 0.4) is 0 Å². The maximum absolute atomic E-state index is 13.5. The van der Waals surface area contributed by atoms with Gasteiger partial charge in [0.1, 0.15) is 5.82 Å². The molecule has 2 saturated carbocycles. The van der Waals surface area contributed by atoms with E-state index in [1.54, 1.807) is 19.1 Å². The number of hydrogen-bond acceptors (Lipinski definition) is 11. The van der Waals surface area contributed by atoms with E-state index in [0.29, 0.717) is 11.3 Å². The van der Waals surface area contributed by atoms with Gasteiger partial charge in [-0.25, -0.2) is 4.39 Å². The number of aliphatic hydroxyl groups excluding tert-OH is 1. The second-order valence-electron chi connectivity index (χ2n) is 8.02. The van der Waals surface area contributed by atoms with Crippen LogP contribution in [0.15, 0.2) is 23.1 Å². The minimum absolute atomic E-state index is 0. The van der Waals surface area contributed by atoms with Gasteiger partial charge in [-0.2, -0.15) is 0 Å². The Balaban J connectivity index is 0.00000211. The molecule has 3 rings (SSSR count). The summed E-state index contributed by atoms with van der Waals surface area (Å²) in [5, 5.41) is 10.9. The van der Waals surface area contributed by atoms with Crippen LogP contribution in [0, 0.1) is 42.3 Å². The number of aryl methyl sites for hydroxylation is 1. The van der Waals surface area contributed by atoms with E-state index in [-0.39, 0.29) is 18.2 Å². The number of benzene rings is 1. The van der Waals surface area contributed by atoms with Gasteiger partial charge < -0.3 is 29.8 Å². The summed E-state index contributed by atoms with van der Waals surface area (Å²) in [6.07, 6.45) is -0.985. The number of nitrogens with two attached hydrogens (primary N) is 1. The second kappa shape index (κ2) is 14.4. The highest BCUT2D eigenvalue weighted by Gasteiger charge is 2.72. The maximum Gasteiger partial charge on any atom is 0.312 e. The second-order valence-corrected chi connectivity index (χ2v) is 9.11. The van der Waals surface area contributed by atoms with E-state index in [1.165, 1.54) is 38.7 Å². The summed E-state index contributed by atoms with van der Waals surface area (Å²) in [5.74, 6) is -5.76.